The highest BCUT2D eigenvalue weighted by atomic mass is 79.9. The molecule has 2 atom stereocenters. The van der Waals surface area contributed by atoms with E-state index < -0.39 is 0 Å². The van der Waals surface area contributed by atoms with Crippen LogP contribution >= 0.6 is 27.7 Å². The summed E-state index contributed by atoms with van der Waals surface area (Å²) < 4.78 is 1.09. The van der Waals surface area contributed by atoms with Gasteiger partial charge in [0, 0.05) is 15.9 Å². The number of carbonyl (C=O) groups excluding carboxylic acids is 1. The average Bonchev–Trinajstić information content (AvgIpc) is 3.06. The first-order valence-corrected chi connectivity index (χ1v) is 9.94. The summed E-state index contributed by atoms with van der Waals surface area (Å²) in [6.07, 6.45) is 4.25. The van der Waals surface area contributed by atoms with Crippen molar-refractivity contribution in [2.24, 2.45) is 0 Å². The molecule has 2 aliphatic rings. The third-order valence-electron chi connectivity index (χ3n) is 4.95. The Bertz CT molecular complexity index is 758. The molecular weight excluding hydrogens is 370 g/mol. The van der Waals surface area contributed by atoms with Gasteiger partial charge in [-0.1, -0.05) is 34.1 Å². The van der Waals surface area contributed by atoms with Crippen molar-refractivity contribution in [1.29, 1.82) is 0 Å². The zero-order valence-electron chi connectivity index (χ0n) is 13.0. The minimum absolute atomic E-state index is 0.164. The number of rotatable bonds is 2. The van der Waals surface area contributed by atoms with Crippen LogP contribution < -0.4 is 0 Å². The number of fused-ring (bicyclic) bond motifs is 3. The molecule has 0 saturated carbocycles. The SMILES string of the molecule is CSc1ccc([C@H]2C(=O)N3CCC[C@H]3c3cc(Br)ccc32)cc1. The van der Waals surface area contributed by atoms with Crippen LogP contribution in [0.1, 0.15) is 41.5 Å². The van der Waals surface area contributed by atoms with Crippen LogP contribution in [0.25, 0.3) is 0 Å². The molecule has 0 bridgehead atoms. The zero-order valence-corrected chi connectivity index (χ0v) is 15.4. The maximum atomic E-state index is 13.1. The van der Waals surface area contributed by atoms with Gasteiger partial charge in [0.25, 0.3) is 0 Å². The highest BCUT2D eigenvalue weighted by Crippen LogP contribution is 2.45. The standard InChI is InChI=1S/C19H18BrNOS/c1-23-14-7-4-12(5-8-14)18-15-9-6-13(20)11-16(15)17-3-2-10-21(17)19(18)22/h4-9,11,17-18H,2-3,10H2,1H3/t17-,18+/m0/s1. The molecule has 0 spiro atoms. The van der Waals surface area contributed by atoms with Crippen LogP contribution in [0.2, 0.25) is 0 Å². The van der Waals surface area contributed by atoms with Crippen LogP contribution in [0.15, 0.2) is 51.8 Å². The second-order valence-electron chi connectivity index (χ2n) is 6.17. The van der Waals surface area contributed by atoms with Gasteiger partial charge >= 0.3 is 0 Å². The molecule has 2 aromatic rings. The molecule has 0 unspecified atom stereocenters. The predicted octanol–water partition coefficient (Wildman–Crippen LogP) is 4.98. The number of benzene rings is 2. The smallest absolute Gasteiger partial charge is 0.235 e. The largest absolute Gasteiger partial charge is 0.335 e. The molecule has 118 valence electrons. The minimum atomic E-state index is -0.164. The highest BCUT2D eigenvalue weighted by molar-refractivity contribution is 9.10. The first-order chi connectivity index (χ1) is 11.2. The predicted molar refractivity (Wildman–Crippen MR) is 97.9 cm³/mol. The molecule has 0 aliphatic carbocycles. The number of amides is 1. The molecular formula is C19H18BrNOS. The molecule has 4 rings (SSSR count). The van der Waals surface area contributed by atoms with E-state index in [4.69, 9.17) is 0 Å². The summed E-state index contributed by atoms with van der Waals surface area (Å²) in [6, 6.07) is 15.1. The maximum Gasteiger partial charge on any atom is 0.235 e. The zero-order chi connectivity index (χ0) is 16.0. The quantitative estimate of drug-likeness (QED) is 0.677. The molecule has 2 heterocycles. The lowest BCUT2D eigenvalue weighted by atomic mass is 9.81. The summed E-state index contributed by atoms with van der Waals surface area (Å²) >= 11 is 5.32. The van der Waals surface area contributed by atoms with E-state index in [1.54, 1.807) is 11.8 Å². The van der Waals surface area contributed by atoms with Crippen molar-refractivity contribution in [3.63, 3.8) is 0 Å². The molecule has 0 N–H and O–H groups in total. The molecule has 0 radical (unpaired) electrons. The average molecular weight is 388 g/mol. The fraction of sp³-hybridized carbons (Fsp3) is 0.316. The van der Waals surface area contributed by atoms with Crippen LogP contribution in [0, 0.1) is 0 Å². The van der Waals surface area contributed by atoms with E-state index in [2.05, 4.69) is 69.6 Å². The Kier molecular flexibility index (Phi) is 3.98. The maximum absolute atomic E-state index is 13.1. The first kappa shape index (κ1) is 15.3. The van der Waals surface area contributed by atoms with Gasteiger partial charge in [-0.05, 0) is 60.1 Å². The van der Waals surface area contributed by atoms with Gasteiger partial charge in [0.15, 0.2) is 0 Å². The molecule has 2 aliphatic heterocycles. The molecule has 2 aromatic carbocycles. The Morgan fingerprint density at radius 1 is 1.13 bits per heavy atom. The van der Waals surface area contributed by atoms with Crippen molar-refractivity contribution in [3.05, 3.63) is 63.6 Å². The van der Waals surface area contributed by atoms with Gasteiger partial charge in [-0.2, -0.15) is 0 Å². The van der Waals surface area contributed by atoms with E-state index >= 15 is 0 Å². The van der Waals surface area contributed by atoms with E-state index in [0.29, 0.717) is 0 Å². The summed E-state index contributed by atoms with van der Waals surface area (Å²) in [4.78, 5) is 16.4. The Balaban J connectivity index is 1.85. The van der Waals surface area contributed by atoms with Gasteiger partial charge in [-0.25, -0.2) is 0 Å². The van der Waals surface area contributed by atoms with Crippen molar-refractivity contribution >= 4 is 33.6 Å². The Hall–Kier alpha value is -1.26. The van der Waals surface area contributed by atoms with Crippen LogP contribution in [0.5, 0.6) is 0 Å². The number of hydrogen-bond acceptors (Lipinski definition) is 2. The van der Waals surface area contributed by atoms with Crippen LogP contribution in [-0.2, 0) is 4.79 Å². The van der Waals surface area contributed by atoms with Crippen molar-refractivity contribution in [2.45, 2.75) is 29.7 Å². The third-order valence-corrected chi connectivity index (χ3v) is 6.19. The lowest BCUT2D eigenvalue weighted by molar-refractivity contribution is -0.133. The second kappa shape index (κ2) is 5.99. The van der Waals surface area contributed by atoms with Crippen molar-refractivity contribution < 1.29 is 4.79 Å². The topological polar surface area (TPSA) is 20.3 Å². The van der Waals surface area contributed by atoms with Crippen LogP contribution in [0.3, 0.4) is 0 Å². The molecule has 1 fully saturated rings. The number of halogens is 1. The summed E-state index contributed by atoms with van der Waals surface area (Å²) in [7, 11) is 0. The number of carbonyl (C=O) groups is 1. The van der Waals surface area contributed by atoms with Crippen molar-refractivity contribution in [1.82, 2.24) is 4.90 Å². The molecule has 4 heteroatoms. The molecule has 0 aromatic heterocycles. The van der Waals surface area contributed by atoms with Crippen molar-refractivity contribution in [3.8, 4) is 0 Å². The molecule has 1 amide bonds. The lowest BCUT2D eigenvalue weighted by Crippen LogP contribution is -2.40. The summed E-state index contributed by atoms with van der Waals surface area (Å²) in [5.74, 6) is 0.0996. The number of thioether (sulfide) groups is 1. The molecule has 1 saturated heterocycles. The second-order valence-corrected chi connectivity index (χ2v) is 7.96. The number of nitrogens with zero attached hydrogens (tertiary/aromatic N) is 1. The van der Waals surface area contributed by atoms with Gasteiger partial charge in [0.2, 0.25) is 5.91 Å². The molecule has 23 heavy (non-hydrogen) atoms. The Labute approximate surface area is 149 Å². The lowest BCUT2D eigenvalue weighted by Gasteiger charge is -2.37. The molecule has 2 nitrogen and oxygen atoms in total. The number of hydrogen-bond donors (Lipinski definition) is 0. The summed E-state index contributed by atoms with van der Waals surface area (Å²) in [5.41, 5.74) is 3.59. The Morgan fingerprint density at radius 3 is 2.65 bits per heavy atom. The summed E-state index contributed by atoms with van der Waals surface area (Å²) in [6.45, 7) is 0.884. The third kappa shape index (κ3) is 2.52. The van der Waals surface area contributed by atoms with Gasteiger partial charge in [-0.15, -0.1) is 11.8 Å². The summed E-state index contributed by atoms with van der Waals surface area (Å²) in [5, 5.41) is 0. The monoisotopic (exact) mass is 387 g/mol. The van der Waals surface area contributed by atoms with E-state index in [-0.39, 0.29) is 17.9 Å². The van der Waals surface area contributed by atoms with E-state index in [1.165, 1.54) is 16.0 Å². The van der Waals surface area contributed by atoms with Crippen LogP contribution in [0.4, 0.5) is 0 Å². The van der Waals surface area contributed by atoms with Gasteiger partial charge in [0.05, 0.1) is 12.0 Å². The van der Waals surface area contributed by atoms with E-state index in [1.807, 2.05) is 0 Å². The fourth-order valence-electron chi connectivity index (χ4n) is 3.87. The van der Waals surface area contributed by atoms with Gasteiger partial charge in [0.1, 0.15) is 0 Å². The van der Waals surface area contributed by atoms with Gasteiger partial charge in [-0.3, -0.25) is 4.79 Å². The Morgan fingerprint density at radius 2 is 1.91 bits per heavy atom. The van der Waals surface area contributed by atoms with Crippen LogP contribution in [-0.4, -0.2) is 23.6 Å². The van der Waals surface area contributed by atoms with E-state index in [0.717, 1.165) is 29.4 Å². The highest BCUT2D eigenvalue weighted by Gasteiger charge is 2.42. The fourth-order valence-corrected chi connectivity index (χ4v) is 4.66. The normalized spacial score (nSPS) is 22.9. The first-order valence-electron chi connectivity index (χ1n) is 7.93. The van der Waals surface area contributed by atoms with E-state index in [9.17, 15) is 4.79 Å². The van der Waals surface area contributed by atoms with Gasteiger partial charge < -0.3 is 4.90 Å². The minimum Gasteiger partial charge on any atom is -0.335 e. The van der Waals surface area contributed by atoms with Crippen molar-refractivity contribution in [2.75, 3.05) is 12.8 Å².